The number of pyridine rings is 2. The summed E-state index contributed by atoms with van der Waals surface area (Å²) in [7, 11) is 0. The van der Waals surface area contributed by atoms with Crippen LogP contribution in [0.2, 0.25) is 0 Å². The van der Waals surface area contributed by atoms with Gasteiger partial charge in [-0.2, -0.15) is 0 Å². The summed E-state index contributed by atoms with van der Waals surface area (Å²) in [5.41, 5.74) is 5.44. The average molecular weight is 258 g/mol. The lowest BCUT2D eigenvalue weighted by atomic mass is 10.0. The van der Waals surface area contributed by atoms with Crippen molar-refractivity contribution >= 4 is 32.7 Å². The van der Waals surface area contributed by atoms with Crippen LogP contribution in [0.3, 0.4) is 0 Å². The van der Waals surface area contributed by atoms with E-state index in [1.54, 1.807) is 0 Å². The van der Waals surface area contributed by atoms with Gasteiger partial charge in [-0.15, -0.1) is 0 Å². The topological polar surface area (TPSA) is 25.8 Å². The van der Waals surface area contributed by atoms with E-state index in [9.17, 15) is 0 Å². The molecule has 0 amide bonds. The molecule has 2 aromatic carbocycles. The van der Waals surface area contributed by atoms with Crippen molar-refractivity contribution in [1.82, 2.24) is 9.97 Å². The van der Waals surface area contributed by atoms with Gasteiger partial charge in [-0.1, -0.05) is 36.4 Å². The molecule has 0 aliphatic rings. The van der Waals surface area contributed by atoms with Crippen molar-refractivity contribution in [2.24, 2.45) is 0 Å². The lowest BCUT2D eigenvalue weighted by Gasteiger charge is -2.11. The molecule has 0 fully saturated rings. The number of benzene rings is 2. The number of para-hydroxylation sites is 2. The van der Waals surface area contributed by atoms with Gasteiger partial charge in [0, 0.05) is 21.9 Å². The van der Waals surface area contributed by atoms with Crippen molar-refractivity contribution in [3.8, 4) is 0 Å². The molecular weight excluding hydrogens is 244 g/mol. The van der Waals surface area contributed by atoms with Crippen molar-refractivity contribution < 1.29 is 0 Å². The van der Waals surface area contributed by atoms with Gasteiger partial charge >= 0.3 is 0 Å². The zero-order chi connectivity index (χ0) is 13.7. The molecule has 96 valence electrons. The predicted octanol–water partition coefficient (Wildman–Crippen LogP) is 4.55. The molecule has 0 atom stereocenters. The van der Waals surface area contributed by atoms with Crippen LogP contribution in [0.1, 0.15) is 11.3 Å². The summed E-state index contributed by atoms with van der Waals surface area (Å²) in [4.78, 5) is 9.62. The Kier molecular flexibility index (Phi) is 2.27. The van der Waals surface area contributed by atoms with Crippen molar-refractivity contribution in [3.05, 3.63) is 59.8 Å². The number of hydrogen-bond acceptors (Lipinski definition) is 2. The second-order valence-corrected chi connectivity index (χ2v) is 5.19. The Bertz CT molecular complexity index is 971. The fraction of sp³-hybridized carbons (Fsp3) is 0.111. The minimum Gasteiger partial charge on any atom is -0.252 e. The van der Waals surface area contributed by atoms with Crippen molar-refractivity contribution in [2.75, 3.05) is 0 Å². The van der Waals surface area contributed by atoms with Gasteiger partial charge in [0.2, 0.25) is 0 Å². The van der Waals surface area contributed by atoms with E-state index in [2.05, 4.69) is 38.1 Å². The van der Waals surface area contributed by atoms with Gasteiger partial charge in [-0.25, -0.2) is 4.98 Å². The molecule has 2 heteroatoms. The van der Waals surface area contributed by atoms with E-state index in [4.69, 9.17) is 9.97 Å². The third kappa shape index (κ3) is 1.45. The van der Waals surface area contributed by atoms with Gasteiger partial charge in [-0.05, 0) is 31.5 Å². The lowest BCUT2D eigenvalue weighted by Crippen LogP contribution is -1.94. The van der Waals surface area contributed by atoms with Crippen LogP contribution >= 0.6 is 0 Å². The van der Waals surface area contributed by atoms with Crippen LogP contribution in [0.5, 0.6) is 0 Å². The standard InChI is InChI=1S/C18H14N2/c1-11-13-7-3-5-9-15(13)20-18-14-8-4-6-10-16(14)19-12(2)17(11)18/h3-10H,1-2H3. The Balaban J connectivity index is 2.36. The van der Waals surface area contributed by atoms with Gasteiger partial charge in [0.25, 0.3) is 0 Å². The average Bonchev–Trinajstić information content (AvgIpc) is 2.47. The molecule has 0 aliphatic heterocycles. The monoisotopic (exact) mass is 258 g/mol. The van der Waals surface area contributed by atoms with Gasteiger partial charge in [0.05, 0.1) is 16.6 Å². The molecule has 2 aromatic heterocycles. The Morgan fingerprint density at radius 3 is 2.05 bits per heavy atom. The first-order chi connectivity index (χ1) is 9.75. The minimum atomic E-state index is 1.01. The summed E-state index contributed by atoms with van der Waals surface area (Å²) in [5.74, 6) is 0. The summed E-state index contributed by atoms with van der Waals surface area (Å²) in [6, 6.07) is 16.5. The first-order valence-corrected chi connectivity index (χ1v) is 6.80. The van der Waals surface area contributed by atoms with Gasteiger partial charge < -0.3 is 0 Å². The fourth-order valence-electron chi connectivity index (χ4n) is 3.02. The van der Waals surface area contributed by atoms with E-state index in [0.29, 0.717) is 0 Å². The smallest absolute Gasteiger partial charge is 0.0824 e. The molecule has 0 N–H and O–H groups in total. The molecule has 0 radical (unpaired) electrons. The quantitative estimate of drug-likeness (QED) is 0.341. The maximum Gasteiger partial charge on any atom is 0.0824 e. The lowest BCUT2D eigenvalue weighted by molar-refractivity contribution is 1.27. The fourth-order valence-corrected chi connectivity index (χ4v) is 3.02. The third-order valence-corrected chi connectivity index (χ3v) is 3.96. The van der Waals surface area contributed by atoms with Crippen molar-refractivity contribution in [1.29, 1.82) is 0 Å². The largest absolute Gasteiger partial charge is 0.252 e. The zero-order valence-corrected chi connectivity index (χ0v) is 11.5. The molecule has 0 saturated heterocycles. The van der Waals surface area contributed by atoms with Gasteiger partial charge in [0.1, 0.15) is 0 Å². The highest BCUT2D eigenvalue weighted by atomic mass is 14.7. The molecule has 0 unspecified atom stereocenters. The van der Waals surface area contributed by atoms with Crippen LogP contribution in [0, 0.1) is 13.8 Å². The first kappa shape index (κ1) is 11.4. The Hall–Kier alpha value is -2.48. The summed E-state index contributed by atoms with van der Waals surface area (Å²) in [6.45, 7) is 4.23. The number of aryl methyl sites for hydroxylation is 2. The maximum absolute atomic E-state index is 4.89. The van der Waals surface area contributed by atoms with E-state index in [0.717, 1.165) is 27.6 Å². The first-order valence-electron chi connectivity index (χ1n) is 6.80. The van der Waals surface area contributed by atoms with E-state index in [1.165, 1.54) is 16.3 Å². The van der Waals surface area contributed by atoms with Gasteiger partial charge in [0.15, 0.2) is 0 Å². The highest BCUT2D eigenvalue weighted by Crippen LogP contribution is 2.31. The van der Waals surface area contributed by atoms with Crippen LogP contribution in [-0.2, 0) is 0 Å². The number of rotatable bonds is 0. The van der Waals surface area contributed by atoms with Crippen molar-refractivity contribution in [2.45, 2.75) is 13.8 Å². The Morgan fingerprint density at radius 1 is 0.700 bits per heavy atom. The van der Waals surface area contributed by atoms with Crippen LogP contribution < -0.4 is 0 Å². The molecule has 0 saturated carbocycles. The molecule has 0 bridgehead atoms. The number of fused-ring (bicyclic) bond motifs is 4. The second-order valence-electron chi connectivity index (χ2n) is 5.19. The van der Waals surface area contributed by atoms with E-state index in [-0.39, 0.29) is 0 Å². The summed E-state index contributed by atoms with van der Waals surface area (Å²) >= 11 is 0. The number of aromatic nitrogens is 2. The van der Waals surface area contributed by atoms with Crippen LogP contribution in [-0.4, -0.2) is 9.97 Å². The second kappa shape index (κ2) is 4.01. The molecule has 0 aliphatic carbocycles. The third-order valence-electron chi connectivity index (χ3n) is 3.96. The van der Waals surface area contributed by atoms with Crippen LogP contribution in [0.25, 0.3) is 32.7 Å². The normalized spacial score (nSPS) is 11.5. The van der Waals surface area contributed by atoms with Gasteiger partial charge in [-0.3, -0.25) is 4.98 Å². The minimum absolute atomic E-state index is 1.01. The number of hydrogen-bond donors (Lipinski definition) is 0. The molecule has 4 rings (SSSR count). The Morgan fingerprint density at radius 2 is 1.30 bits per heavy atom. The zero-order valence-electron chi connectivity index (χ0n) is 11.5. The van der Waals surface area contributed by atoms with E-state index >= 15 is 0 Å². The number of nitrogens with zero attached hydrogens (tertiary/aromatic N) is 2. The van der Waals surface area contributed by atoms with E-state index in [1.807, 2.05) is 24.3 Å². The summed E-state index contributed by atoms with van der Waals surface area (Å²) in [6.07, 6.45) is 0. The molecule has 20 heavy (non-hydrogen) atoms. The van der Waals surface area contributed by atoms with E-state index < -0.39 is 0 Å². The molecule has 2 nitrogen and oxygen atoms in total. The predicted molar refractivity (Wildman–Crippen MR) is 84.0 cm³/mol. The van der Waals surface area contributed by atoms with Crippen LogP contribution in [0.4, 0.5) is 0 Å². The molecule has 2 heterocycles. The Labute approximate surface area is 117 Å². The van der Waals surface area contributed by atoms with Crippen molar-refractivity contribution in [3.63, 3.8) is 0 Å². The summed E-state index contributed by atoms with van der Waals surface area (Å²) < 4.78 is 0. The highest BCUT2D eigenvalue weighted by Gasteiger charge is 2.11. The SMILES string of the molecule is Cc1nc2ccccc2c2nc3ccccc3c(C)c12. The summed E-state index contributed by atoms with van der Waals surface area (Å²) in [5, 5.41) is 3.52. The van der Waals surface area contributed by atoms with Crippen LogP contribution in [0.15, 0.2) is 48.5 Å². The maximum atomic E-state index is 4.89. The molecular formula is C18H14N2. The molecule has 0 spiro atoms. The molecule has 4 aromatic rings. The highest BCUT2D eigenvalue weighted by molar-refractivity contribution is 6.09.